The molecule has 186 valence electrons. The van der Waals surface area contributed by atoms with Crippen molar-refractivity contribution in [1.82, 2.24) is 4.98 Å². The molecule has 0 aliphatic rings. The average Bonchev–Trinajstić information content (AvgIpc) is 3.38. The smallest absolute Gasteiger partial charge is 0.0557 e. The number of rotatable bonds is 4. The molecule has 0 amide bonds. The number of halogens is 2. The van der Waals surface area contributed by atoms with E-state index in [9.17, 15) is 0 Å². The summed E-state index contributed by atoms with van der Waals surface area (Å²) in [6.07, 6.45) is 0. The minimum absolute atomic E-state index is 0.696. The fourth-order valence-corrected chi connectivity index (χ4v) is 6.14. The summed E-state index contributed by atoms with van der Waals surface area (Å²) in [5, 5.41) is 3.75. The van der Waals surface area contributed by atoms with Gasteiger partial charge in [-0.25, -0.2) is 0 Å². The SMILES string of the molecule is Clc1ccccc1-c1cc(-c2ccccc2)c2c([nH]c3cccc(-c4ccccc4)c32)c1-c1ccccc1Cl. The molecule has 0 radical (unpaired) electrons. The van der Waals surface area contributed by atoms with Crippen molar-refractivity contribution in [2.45, 2.75) is 0 Å². The molecule has 1 aromatic heterocycles. The van der Waals surface area contributed by atoms with Crippen LogP contribution < -0.4 is 0 Å². The van der Waals surface area contributed by atoms with Gasteiger partial charge in [0.1, 0.15) is 0 Å². The first kappa shape index (κ1) is 23.8. The van der Waals surface area contributed by atoms with Crippen LogP contribution in [-0.2, 0) is 0 Å². The number of nitrogens with one attached hydrogen (secondary N) is 1. The summed E-state index contributed by atoms with van der Waals surface area (Å²) in [5.41, 5.74) is 10.8. The van der Waals surface area contributed by atoms with Crippen LogP contribution in [-0.4, -0.2) is 4.98 Å². The van der Waals surface area contributed by atoms with E-state index >= 15 is 0 Å². The molecule has 1 N–H and O–H groups in total. The second-order valence-corrected chi connectivity index (χ2v) is 10.5. The van der Waals surface area contributed by atoms with Gasteiger partial charge in [-0.1, -0.05) is 132 Å². The van der Waals surface area contributed by atoms with E-state index in [2.05, 4.69) is 102 Å². The molecule has 0 aliphatic heterocycles. The van der Waals surface area contributed by atoms with Crippen LogP contribution in [0.1, 0.15) is 0 Å². The van der Waals surface area contributed by atoms with Gasteiger partial charge in [-0.2, -0.15) is 0 Å². The molecule has 7 rings (SSSR count). The summed E-state index contributed by atoms with van der Waals surface area (Å²) >= 11 is 13.7. The van der Waals surface area contributed by atoms with Crippen molar-refractivity contribution in [3.8, 4) is 44.5 Å². The second-order valence-electron chi connectivity index (χ2n) is 9.64. The molecule has 0 saturated heterocycles. The maximum atomic E-state index is 6.89. The number of hydrogen-bond acceptors (Lipinski definition) is 0. The molecule has 6 aromatic carbocycles. The molecule has 3 heteroatoms. The predicted molar refractivity (Wildman–Crippen MR) is 168 cm³/mol. The van der Waals surface area contributed by atoms with Gasteiger partial charge < -0.3 is 4.98 Å². The fraction of sp³-hybridized carbons (Fsp3) is 0. The van der Waals surface area contributed by atoms with Gasteiger partial charge in [0.25, 0.3) is 0 Å². The molecular formula is C36H23Cl2N. The molecule has 0 spiro atoms. The Bertz CT molecular complexity index is 1970. The van der Waals surface area contributed by atoms with Crippen LogP contribution in [0.15, 0.2) is 133 Å². The number of H-pyrrole nitrogens is 1. The minimum atomic E-state index is 0.696. The van der Waals surface area contributed by atoms with Gasteiger partial charge in [0.2, 0.25) is 0 Å². The number of aromatic amines is 1. The lowest BCUT2D eigenvalue weighted by Gasteiger charge is -2.18. The lowest BCUT2D eigenvalue weighted by molar-refractivity contribution is 1.52. The highest BCUT2D eigenvalue weighted by Gasteiger charge is 2.23. The Balaban J connectivity index is 1.73. The molecule has 39 heavy (non-hydrogen) atoms. The fourth-order valence-electron chi connectivity index (χ4n) is 5.67. The van der Waals surface area contributed by atoms with Gasteiger partial charge in [-0.3, -0.25) is 0 Å². The molecule has 1 nitrogen and oxygen atoms in total. The quantitative estimate of drug-likeness (QED) is 0.229. The Kier molecular flexibility index (Phi) is 5.97. The zero-order valence-corrected chi connectivity index (χ0v) is 22.5. The molecular weight excluding hydrogens is 517 g/mol. The van der Waals surface area contributed by atoms with E-state index in [4.69, 9.17) is 23.2 Å². The molecule has 0 bridgehead atoms. The Morgan fingerprint density at radius 3 is 1.59 bits per heavy atom. The third kappa shape index (κ3) is 4.03. The van der Waals surface area contributed by atoms with E-state index < -0.39 is 0 Å². The van der Waals surface area contributed by atoms with Gasteiger partial charge in [0.15, 0.2) is 0 Å². The molecule has 0 unspecified atom stereocenters. The van der Waals surface area contributed by atoms with Crippen LogP contribution in [0.5, 0.6) is 0 Å². The van der Waals surface area contributed by atoms with Gasteiger partial charge in [-0.05, 0) is 52.1 Å². The highest BCUT2D eigenvalue weighted by molar-refractivity contribution is 6.36. The van der Waals surface area contributed by atoms with Crippen LogP contribution >= 0.6 is 23.2 Å². The van der Waals surface area contributed by atoms with Crippen molar-refractivity contribution in [3.05, 3.63) is 144 Å². The lowest BCUT2D eigenvalue weighted by atomic mass is 9.86. The van der Waals surface area contributed by atoms with Crippen molar-refractivity contribution >= 4 is 45.0 Å². The first-order chi connectivity index (χ1) is 19.2. The van der Waals surface area contributed by atoms with Gasteiger partial charge in [0.05, 0.1) is 5.52 Å². The van der Waals surface area contributed by atoms with Crippen molar-refractivity contribution in [2.75, 3.05) is 0 Å². The summed E-state index contributed by atoms with van der Waals surface area (Å²) in [6, 6.07) is 46.0. The van der Waals surface area contributed by atoms with Crippen molar-refractivity contribution < 1.29 is 0 Å². The van der Waals surface area contributed by atoms with E-state index in [-0.39, 0.29) is 0 Å². The molecule has 7 aromatic rings. The molecule has 0 saturated carbocycles. The van der Waals surface area contributed by atoms with Gasteiger partial charge in [0, 0.05) is 43.0 Å². The Morgan fingerprint density at radius 2 is 0.949 bits per heavy atom. The second kappa shape index (κ2) is 9.78. The summed E-state index contributed by atoms with van der Waals surface area (Å²) in [6.45, 7) is 0. The van der Waals surface area contributed by atoms with Crippen molar-refractivity contribution in [3.63, 3.8) is 0 Å². The number of hydrogen-bond donors (Lipinski definition) is 1. The predicted octanol–water partition coefficient (Wildman–Crippen LogP) is 11.3. The Morgan fingerprint density at radius 1 is 0.410 bits per heavy atom. The lowest BCUT2D eigenvalue weighted by Crippen LogP contribution is -1.92. The maximum absolute atomic E-state index is 6.89. The standard InChI is InChI=1S/C36H23Cl2N/c37-30-19-9-7-16-26(30)29-22-28(24-14-5-2-6-15-24)35-34-25(23-12-3-1-4-13-23)18-11-21-32(34)39-36(35)33(29)27-17-8-10-20-31(27)38/h1-22,39H. The third-order valence-corrected chi connectivity index (χ3v) is 8.04. The van der Waals surface area contributed by atoms with E-state index in [1.165, 1.54) is 21.9 Å². The van der Waals surface area contributed by atoms with E-state index in [0.29, 0.717) is 10.0 Å². The summed E-state index contributed by atoms with van der Waals surface area (Å²) < 4.78 is 0. The largest absolute Gasteiger partial charge is 0.354 e. The van der Waals surface area contributed by atoms with Gasteiger partial charge >= 0.3 is 0 Å². The van der Waals surface area contributed by atoms with Crippen molar-refractivity contribution in [2.24, 2.45) is 0 Å². The highest BCUT2D eigenvalue weighted by atomic mass is 35.5. The van der Waals surface area contributed by atoms with Crippen LogP contribution in [0.2, 0.25) is 10.0 Å². The first-order valence-electron chi connectivity index (χ1n) is 12.9. The number of fused-ring (bicyclic) bond motifs is 3. The van der Waals surface area contributed by atoms with Crippen molar-refractivity contribution in [1.29, 1.82) is 0 Å². The topological polar surface area (TPSA) is 15.8 Å². The monoisotopic (exact) mass is 539 g/mol. The zero-order valence-electron chi connectivity index (χ0n) is 21.0. The Labute approximate surface area is 237 Å². The maximum Gasteiger partial charge on any atom is 0.0557 e. The normalized spacial score (nSPS) is 11.3. The molecule has 1 heterocycles. The molecule has 0 fully saturated rings. The number of benzene rings is 6. The van der Waals surface area contributed by atoms with E-state index in [1.54, 1.807) is 0 Å². The summed E-state index contributed by atoms with van der Waals surface area (Å²) in [7, 11) is 0. The Hall–Kier alpha value is -4.30. The summed E-state index contributed by atoms with van der Waals surface area (Å²) in [5.74, 6) is 0. The van der Waals surface area contributed by atoms with Crippen LogP contribution in [0.25, 0.3) is 66.3 Å². The highest BCUT2D eigenvalue weighted by Crippen LogP contribution is 2.49. The first-order valence-corrected chi connectivity index (χ1v) is 13.7. The van der Waals surface area contributed by atoms with E-state index in [1.807, 2.05) is 36.4 Å². The summed E-state index contributed by atoms with van der Waals surface area (Å²) in [4.78, 5) is 3.82. The van der Waals surface area contributed by atoms with Crippen LogP contribution in [0, 0.1) is 0 Å². The van der Waals surface area contributed by atoms with Crippen LogP contribution in [0.4, 0.5) is 0 Å². The van der Waals surface area contributed by atoms with E-state index in [0.717, 1.165) is 44.4 Å². The van der Waals surface area contributed by atoms with Gasteiger partial charge in [-0.15, -0.1) is 0 Å². The van der Waals surface area contributed by atoms with Crippen LogP contribution in [0.3, 0.4) is 0 Å². The third-order valence-electron chi connectivity index (χ3n) is 7.38. The number of aromatic nitrogens is 1. The minimum Gasteiger partial charge on any atom is -0.354 e. The molecule has 0 atom stereocenters. The average molecular weight is 540 g/mol. The zero-order chi connectivity index (χ0) is 26.3. The molecule has 0 aliphatic carbocycles.